The minimum absolute atomic E-state index is 0.156. The van der Waals surface area contributed by atoms with Gasteiger partial charge in [0.1, 0.15) is 19.0 Å². The third-order valence-electron chi connectivity index (χ3n) is 6.46. The molecule has 0 spiro atoms. The quantitative estimate of drug-likeness (QED) is 0.0746. The van der Waals surface area contributed by atoms with E-state index in [4.69, 9.17) is 42.1 Å². The molecule has 0 fully saturated rings. The van der Waals surface area contributed by atoms with Crippen LogP contribution in [0.2, 0.25) is 10.0 Å². The van der Waals surface area contributed by atoms with Crippen molar-refractivity contribution in [3.63, 3.8) is 0 Å². The van der Waals surface area contributed by atoms with Gasteiger partial charge in [-0.1, -0.05) is 35.3 Å². The van der Waals surface area contributed by atoms with Crippen LogP contribution in [0, 0.1) is 0 Å². The van der Waals surface area contributed by atoms with Crippen molar-refractivity contribution < 1.29 is 33.6 Å². The Labute approximate surface area is 278 Å². The number of hydrogen-bond acceptors (Lipinski definition) is 9. The maximum absolute atomic E-state index is 12.4. The average molecular weight is 722 g/mol. The fourth-order valence-electron chi connectivity index (χ4n) is 4.33. The van der Waals surface area contributed by atoms with Gasteiger partial charge in [-0.2, -0.15) is 5.10 Å². The highest BCUT2D eigenvalue weighted by molar-refractivity contribution is 9.10. The lowest BCUT2D eigenvalue weighted by molar-refractivity contribution is -0.136. The molecule has 45 heavy (non-hydrogen) atoms. The van der Waals surface area contributed by atoms with Gasteiger partial charge in [-0.25, -0.2) is 9.59 Å². The number of aliphatic hydroxyl groups is 1. The smallest absolute Gasteiger partial charge is 0.337 e. The van der Waals surface area contributed by atoms with Crippen LogP contribution in [0.5, 0.6) is 17.2 Å². The van der Waals surface area contributed by atoms with E-state index >= 15 is 0 Å². The second kappa shape index (κ2) is 15.8. The van der Waals surface area contributed by atoms with Crippen LogP contribution in [0.4, 0.5) is 4.79 Å². The van der Waals surface area contributed by atoms with E-state index in [1.54, 1.807) is 49.4 Å². The standard InChI is InChI=1S/C31H31BrCl2N4O7/c1-4-43-26-12-19(29-28(30(40)42-3)17(2)36-31(41)37-29)7-10-25(26)45-16-27(39)38-35-14-18-5-9-24(22(32)11-18)44-15-20-6-8-21(33)13-23(20)34/h5-14,27,29,38-39H,4,15-16H2,1-3H3,(H2,36,37,41)/b35-14-/t27-,29-/m0/s1. The molecule has 3 aromatic rings. The van der Waals surface area contributed by atoms with E-state index in [0.29, 0.717) is 49.6 Å². The number of aliphatic hydroxyl groups excluding tert-OH is 1. The number of allylic oxidation sites excluding steroid dienone is 1. The van der Waals surface area contributed by atoms with Gasteiger partial charge in [-0.3, -0.25) is 5.43 Å². The third kappa shape index (κ3) is 9.04. The summed E-state index contributed by atoms with van der Waals surface area (Å²) in [5.74, 6) is 0.761. The van der Waals surface area contributed by atoms with Crippen molar-refractivity contribution in [1.29, 1.82) is 0 Å². The van der Waals surface area contributed by atoms with E-state index in [1.807, 2.05) is 19.1 Å². The van der Waals surface area contributed by atoms with Crippen LogP contribution in [0.1, 0.15) is 36.6 Å². The zero-order valence-corrected chi connectivity index (χ0v) is 27.6. The Morgan fingerprint density at radius 3 is 2.58 bits per heavy atom. The van der Waals surface area contributed by atoms with Crippen LogP contribution < -0.4 is 30.3 Å². The van der Waals surface area contributed by atoms with E-state index in [0.717, 1.165) is 11.1 Å². The molecule has 2 atom stereocenters. The molecule has 1 aliphatic heterocycles. The number of carbonyl (C=O) groups excluding carboxylic acids is 2. The summed E-state index contributed by atoms with van der Waals surface area (Å²) in [7, 11) is 1.27. The summed E-state index contributed by atoms with van der Waals surface area (Å²) in [5.41, 5.74) is 5.40. The summed E-state index contributed by atoms with van der Waals surface area (Å²) >= 11 is 15.7. The summed E-state index contributed by atoms with van der Waals surface area (Å²) in [4.78, 5) is 24.6. The zero-order valence-electron chi connectivity index (χ0n) is 24.5. The van der Waals surface area contributed by atoms with Crippen molar-refractivity contribution in [3.8, 4) is 17.2 Å². The number of nitrogens with one attached hydrogen (secondary N) is 3. The van der Waals surface area contributed by atoms with Crippen molar-refractivity contribution in [1.82, 2.24) is 16.1 Å². The number of urea groups is 1. The lowest BCUT2D eigenvalue weighted by Crippen LogP contribution is -2.45. The minimum atomic E-state index is -1.15. The Morgan fingerprint density at radius 2 is 1.87 bits per heavy atom. The summed E-state index contributed by atoms with van der Waals surface area (Å²) in [5, 5.41) is 20.9. The number of methoxy groups -OCH3 is 1. The lowest BCUT2D eigenvalue weighted by atomic mass is 9.95. The molecule has 1 heterocycles. The molecule has 238 valence electrons. The van der Waals surface area contributed by atoms with Crippen LogP contribution in [0.15, 0.2) is 75.4 Å². The maximum atomic E-state index is 12.4. The molecule has 11 nitrogen and oxygen atoms in total. The Hall–Kier alpha value is -3.97. The van der Waals surface area contributed by atoms with Gasteiger partial charge in [0.15, 0.2) is 17.7 Å². The van der Waals surface area contributed by atoms with E-state index in [9.17, 15) is 14.7 Å². The zero-order chi connectivity index (χ0) is 32.5. The molecule has 0 aromatic heterocycles. The molecule has 0 saturated heterocycles. The maximum Gasteiger partial charge on any atom is 0.337 e. The average Bonchev–Trinajstić information content (AvgIpc) is 3.00. The lowest BCUT2D eigenvalue weighted by Gasteiger charge is -2.28. The Kier molecular flexibility index (Phi) is 11.9. The molecule has 1 aliphatic rings. The molecule has 0 bridgehead atoms. The topological polar surface area (TPSA) is 140 Å². The first-order valence-corrected chi connectivity index (χ1v) is 15.2. The van der Waals surface area contributed by atoms with E-state index in [1.165, 1.54) is 13.3 Å². The molecule has 4 N–H and O–H groups in total. The minimum Gasteiger partial charge on any atom is -0.490 e. The second-order valence-corrected chi connectivity index (χ2v) is 11.3. The van der Waals surface area contributed by atoms with Crippen LogP contribution in [0.3, 0.4) is 0 Å². The van der Waals surface area contributed by atoms with Crippen molar-refractivity contribution in [2.45, 2.75) is 32.7 Å². The SMILES string of the molecule is CCOc1cc([C@@H]2NC(=O)NC(C)=C2C(=O)OC)ccc1OC[C@H](O)N/N=C\c1ccc(OCc2ccc(Cl)cc2Cl)c(Br)c1. The number of nitrogens with zero attached hydrogens (tertiary/aromatic N) is 1. The second-order valence-electron chi connectivity index (χ2n) is 9.63. The highest BCUT2D eigenvalue weighted by Gasteiger charge is 2.32. The Morgan fingerprint density at radius 1 is 1.09 bits per heavy atom. The van der Waals surface area contributed by atoms with Gasteiger partial charge >= 0.3 is 12.0 Å². The first kappa shape index (κ1) is 33.9. The number of carbonyl (C=O) groups is 2. The van der Waals surface area contributed by atoms with E-state index in [-0.39, 0.29) is 18.8 Å². The first-order chi connectivity index (χ1) is 21.6. The van der Waals surface area contributed by atoms with Crippen molar-refractivity contribution in [2.75, 3.05) is 20.3 Å². The molecule has 0 unspecified atom stereocenters. The number of benzene rings is 3. The van der Waals surface area contributed by atoms with Crippen LogP contribution in [-0.2, 0) is 16.1 Å². The Bertz CT molecular complexity index is 1620. The number of ether oxygens (including phenoxy) is 4. The predicted molar refractivity (Wildman–Crippen MR) is 174 cm³/mol. The van der Waals surface area contributed by atoms with Gasteiger partial charge in [-0.15, -0.1) is 0 Å². The normalized spacial score (nSPS) is 15.3. The van der Waals surface area contributed by atoms with Gasteiger partial charge in [0.05, 0.1) is 36.0 Å². The number of amides is 2. The van der Waals surface area contributed by atoms with E-state index in [2.05, 4.69) is 37.1 Å². The monoisotopic (exact) mass is 720 g/mol. The van der Waals surface area contributed by atoms with Crippen LogP contribution in [0.25, 0.3) is 0 Å². The highest BCUT2D eigenvalue weighted by Crippen LogP contribution is 2.35. The van der Waals surface area contributed by atoms with Gasteiger partial charge < -0.3 is 34.7 Å². The summed E-state index contributed by atoms with van der Waals surface area (Å²) in [6.45, 7) is 3.88. The van der Waals surface area contributed by atoms with Crippen LogP contribution in [-0.4, -0.2) is 49.9 Å². The summed E-state index contributed by atoms with van der Waals surface area (Å²) < 4.78 is 23.0. The fourth-order valence-corrected chi connectivity index (χ4v) is 5.30. The van der Waals surface area contributed by atoms with Gasteiger partial charge in [0.2, 0.25) is 0 Å². The molecule has 3 aromatic carbocycles. The summed E-state index contributed by atoms with van der Waals surface area (Å²) in [6, 6.07) is 14.4. The summed E-state index contributed by atoms with van der Waals surface area (Å²) in [6.07, 6.45) is 0.390. The fraction of sp³-hybridized carbons (Fsp3) is 0.258. The number of rotatable bonds is 13. The molecule has 0 saturated carbocycles. The molecule has 14 heteroatoms. The van der Waals surface area contributed by atoms with Crippen molar-refractivity contribution in [2.24, 2.45) is 5.10 Å². The molecule has 4 rings (SSSR count). The molecular weight excluding hydrogens is 691 g/mol. The van der Waals surface area contributed by atoms with Crippen molar-refractivity contribution >= 4 is 57.3 Å². The number of esters is 1. The number of hydrazone groups is 1. The largest absolute Gasteiger partial charge is 0.490 e. The van der Waals surface area contributed by atoms with Crippen molar-refractivity contribution in [3.05, 3.63) is 97.1 Å². The number of halogens is 3. The van der Waals surface area contributed by atoms with Crippen LogP contribution >= 0.6 is 39.1 Å². The van der Waals surface area contributed by atoms with Gasteiger partial charge in [0.25, 0.3) is 0 Å². The first-order valence-electron chi connectivity index (χ1n) is 13.7. The Balaban J connectivity index is 1.34. The van der Waals surface area contributed by atoms with Gasteiger partial charge in [-0.05, 0) is 83.4 Å². The highest BCUT2D eigenvalue weighted by atomic mass is 79.9. The molecule has 0 radical (unpaired) electrons. The van der Waals surface area contributed by atoms with E-state index < -0.39 is 24.3 Å². The molecule has 0 aliphatic carbocycles. The van der Waals surface area contributed by atoms with Gasteiger partial charge in [0, 0.05) is 21.3 Å². The molecular formula is C31H31BrCl2N4O7. The number of hydrogen-bond donors (Lipinski definition) is 4. The molecule has 2 amide bonds. The third-order valence-corrected chi connectivity index (χ3v) is 7.67. The predicted octanol–water partition coefficient (Wildman–Crippen LogP) is 5.86.